The van der Waals surface area contributed by atoms with Crippen LogP contribution in [0.3, 0.4) is 0 Å². The van der Waals surface area contributed by atoms with Gasteiger partial charge in [-0.2, -0.15) is 13.2 Å². The lowest BCUT2D eigenvalue weighted by molar-refractivity contribution is -0.137. The zero-order chi connectivity index (χ0) is 17.3. The average Bonchev–Trinajstić information content (AvgIpc) is 3.15. The molecule has 0 N–H and O–H groups in total. The number of alkyl halides is 3. The number of allylic oxidation sites excluding steroid dienone is 3. The minimum Gasteiger partial charge on any atom is -0.475 e. The minimum absolute atomic E-state index is 0.184. The lowest BCUT2D eigenvalue weighted by Crippen LogP contribution is -2.13. The Morgan fingerprint density at radius 2 is 1.92 bits per heavy atom. The Balaban J connectivity index is 1.78. The topological polar surface area (TPSA) is 21.6 Å². The van der Waals surface area contributed by atoms with E-state index in [2.05, 4.69) is 24.9 Å². The molecule has 1 aromatic rings. The van der Waals surface area contributed by atoms with Crippen molar-refractivity contribution < 1.29 is 17.9 Å². The molecule has 1 aromatic carbocycles. The van der Waals surface area contributed by atoms with Gasteiger partial charge in [0.25, 0.3) is 0 Å². The summed E-state index contributed by atoms with van der Waals surface area (Å²) in [6.45, 7) is 4.84. The zero-order valence-electron chi connectivity index (χ0n) is 13.5. The average molecular weight is 353 g/mol. The van der Waals surface area contributed by atoms with Crippen molar-refractivity contribution in [3.63, 3.8) is 0 Å². The highest BCUT2D eigenvalue weighted by molar-refractivity contribution is 7.52. The zero-order valence-corrected chi connectivity index (χ0v) is 14.5. The summed E-state index contributed by atoms with van der Waals surface area (Å²) in [6.07, 6.45) is 0.556. The van der Waals surface area contributed by atoms with Crippen LogP contribution in [0.25, 0.3) is 0 Å². The van der Waals surface area contributed by atoms with E-state index in [1.54, 1.807) is 12.1 Å². The molecule has 0 amide bonds. The molecule has 1 aliphatic carbocycles. The Morgan fingerprint density at radius 1 is 1.21 bits per heavy atom. The van der Waals surface area contributed by atoms with Crippen molar-refractivity contribution in [3.8, 4) is 0 Å². The molecule has 2 nitrogen and oxygen atoms in total. The second-order valence-corrected chi connectivity index (χ2v) is 7.62. The van der Waals surface area contributed by atoms with Crippen LogP contribution in [0.5, 0.6) is 0 Å². The number of ether oxygens (including phenoxy) is 1. The van der Waals surface area contributed by atoms with E-state index in [1.165, 1.54) is 0 Å². The summed E-state index contributed by atoms with van der Waals surface area (Å²) in [4.78, 5) is 4.66. The highest BCUT2D eigenvalue weighted by Crippen LogP contribution is 2.36. The van der Waals surface area contributed by atoms with Crippen molar-refractivity contribution in [1.82, 2.24) is 0 Å². The Morgan fingerprint density at radius 3 is 2.50 bits per heavy atom. The molecule has 0 aromatic heterocycles. The molecule has 0 saturated carbocycles. The van der Waals surface area contributed by atoms with Crippen LogP contribution in [0.2, 0.25) is 0 Å². The molecule has 1 aliphatic heterocycles. The fourth-order valence-electron chi connectivity index (χ4n) is 2.62. The van der Waals surface area contributed by atoms with Crippen LogP contribution in [-0.2, 0) is 10.9 Å². The fraction of sp³-hybridized carbons (Fsp3) is 0.389. The second kappa shape index (κ2) is 6.72. The van der Waals surface area contributed by atoms with Gasteiger partial charge in [0.15, 0.2) is 0 Å². The molecule has 0 saturated heterocycles. The molecule has 0 radical (unpaired) electrons. The number of halogens is 3. The predicted octanol–water partition coefficient (Wildman–Crippen LogP) is 4.68. The van der Waals surface area contributed by atoms with E-state index in [0.29, 0.717) is 27.0 Å². The third-order valence-corrected chi connectivity index (χ3v) is 5.48. The van der Waals surface area contributed by atoms with Crippen molar-refractivity contribution in [3.05, 3.63) is 52.9 Å². The first-order chi connectivity index (χ1) is 11.3. The summed E-state index contributed by atoms with van der Waals surface area (Å²) in [7, 11) is 0.296. The fourth-order valence-corrected chi connectivity index (χ4v) is 3.82. The Bertz CT molecular complexity index is 702. The maximum Gasteiger partial charge on any atom is 0.416 e. The molecule has 128 valence electrons. The number of hydrogen-bond donors (Lipinski definition) is 0. The van der Waals surface area contributed by atoms with Crippen LogP contribution < -0.4 is 5.30 Å². The second-order valence-electron chi connectivity index (χ2n) is 6.26. The van der Waals surface area contributed by atoms with Crippen LogP contribution in [0, 0.1) is 5.92 Å². The standard InChI is InChI=1S/C18H19F3NOP/c1-11(2)15-10-23-17(22-15)14-4-3-5-16(14)24-13-8-6-12(7-9-13)18(19,20)21/h3,5-9,11,15,24H,4,10H2,1-2H3. The summed E-state index contributed by atoms with van der Waals surface area (Å²) >= 11 is 0. The van der Waals surface area contributed by atoms with Gasteiger partial charge < -0.3 is 4.74 Å². The van der Waals surface area contributed by atoms with Gasteiger partial charge in [-0.15, -0.1) is 0 Å². The van der Waals surface area contributed by atoms with Crippen LogP contribution in [0.15, 0.2) is 52.3 Å². The third-order valence-electron chi connectivity index (χ3n) is 4.12. The van der Waals surface area contributed by atoms with Crippen molar-refractivity contribution in [1.29, 1.82) is 0 Å². The number of rotatable bonds is 4. The van der Waals surface area contributed by atoms with Crippen LogP contribution in [-0.4, -0.2) is 18.5 Å². The molecule has 2 aliphatic rings. The number of hydrogen-bond acceptors (Lipinski definition) is 2. The van der Waals surface area contributed by atoms with Crippen molar-refractivity contribution in [2.45, 2.75) is 32.5 Å². The molecule has 3 rings (SSSR count). The van der Waals surface area contributed by atoms with Gasteiger partial charge >= 0.3 is 6.18 Å². The van der Waals surface area contributed by atoms with Gasteiger partial charge in [0.1, 0.15) is 6.61 Å². The predicted molar refractivity (Wildman–Crippen MR) is 92.2 cm³/mol. The molecule has 0 bridgehead atoms. The summed E-state index contributed by atoms with van der Waals surface area (Å²) in [5.74, 6) is 1.13. The molecule has 0 fully saturated rings. The van der Waals surface area contributed by atoms with Gasteiger partial charge in [-0.1, -0.05) is 46.7 Å². The monoisotopic (exact) mass is 353 g/mol. The molecule has 0 spiro atoms. The lowest BCUT2D eigenvalue weighted by Gasteiger charge is -2.09. The van der Waals surface area contributed by atoms with Gasteiger partial charge in [-0.25, -0.2) is 4.99 Å². The SMILES string of the molecule is CC(C)C1COC(C2=C(Pc3ccc(C(F)(F)F)cc3)C=CC2)=N1. The molecule has 2 unspecified atom stereocenters. The third kappa shape index (κ3) is 3.72. The first-order valence-corrected chi connectivity index (χ1v) is 8.89. The van der Waals surface area contributed by atoms with Gasteiger partial charge in [0, 0.05) is 5.57 Å². The maximum atomic E-state index is 12.6. The summed E-state index contributed by atoms with van der Waals surface area (Å²) < 4.78 is 43.7. The van der Waals surface area contributed by atoms with Crippen LogP contribution in [0.1, 0.15) is 25.8 Å². The largest absolute Gasteiger partial charge is 0.475 e. The molecule has 24 heavy (non-hydrogen) atoms. The van der Waals surface area contributed by atoms with Gasteiger partial charge in [0.2, 0.25) is 5.90 Å². The van der Waals surface area contributed by atoms with E-state index in [1.807, 2.05) is 6.08 Å². The quantitative estimate of drug-likeness (QED) is 0.721. The Hall–Kier alpha value is -1.61. The van der Waals surface area contributed by atoms with E-state index in [0.717, 1.165) is 34.7 Å². The van der Waals surface area contributed by atoms with Crippen LogP contribution in [0.4, 0.5) is 13.2 Å². The van der Waals surface area contributed by atoms with E-state index < -0.39 is 11.7 Å². The minimum atomic E-state index is -4.29. The number of nitrogens with zero attached hydrogens (tertiary/aromatic N) is 1. The number of aliphatic imine (C=N–C) groups is 1. The Labute approximate surface area is 141 Å². The van der Waals surface area contributed by atoms with E-state index in [-0.39, 0.29) is 6.04 Å². The van der Waals surface area contributed by atoms with Crippen molar-refractivity contribution in [2.24, 2.45) is 10.9 Å². The van der Waals surface area contributed by atoms with E-state index in [4.69, 9.17) is 4.74 Å². The first-order valence-electron chi connectivity index (χ1n) is 7.89. The highest BCUT2D eigenvalue weighted by Gasteiger charge is 2.30. The van der Waals surface area contributed by atoms with Crippen LogP contribution >= 0.6 is 8.58 Å². The summed E-state index contributed by atoms with van der Waals surface area (Å²) in [5, 5.41) is 1.97. The highest BCUT2D eigenvalue weighted by atomic mass is 31.1. The summed E-state index contributed by atoms with van der Waals surface area (Å²) in [5.41, 5.74) is 0.451. The molecule has 1 heterocycles. The van der Waals surface area contributed by atoms with Gasteiger partial charge in [0.05, 0.1) is 11.6 Å². The van der Waals surface area contributed by atoms with Gasteiger partial charge in [-0.3, -0.25) is 0 Å². The lowest BCUT2D eigenvalue weighted by atomic mass is 10.1. The maximum absolute atomic E-state index is 12.6. The molecular formula is C18H19F3NOP. The normalized spacial score (nSPS) is 21.2. The van der Waals surface area contributed by atoms with E-state index >= 15 is 0 Å². The van der Waals surface area contributed by atoms with E-state index in [9.17, 15) is 13.2 Å². The summed E-state index contributed by atoms with van der Waals surface area (Å²) in [6, 6.07) is 5.56. The molecule has 6 heteroatoms. The molecule has 2 atom stereocenters. The van der Waals surface area contributed by atoms with Crippen molar-refractivity contribution in [2.75, 3.05) is 6.61 Å². The Kier molecular flexibility index (Phi) is 4.82. The van der Waals surface area contributed by atoms with Gasteiger partial charge in [-0.05, 0) is 35.1 Å². The van der Waals surface area contributed by atoms with Crippen molar-refractivity contribution >= 4 is 19.8 Å². The smallest absolute Gasteiger partial charge is 0.416 e. The number of benzene rings is 1. The first kappa shape index (κ1) is 17.2. The molecular weight excluding hydrogens is 334 g/mol.